The molecule has 0 amide bonds. The topological polar surface area (TPSA) is 55.2 Å². The SMILES string of the molecule is O=[N+]([O-])c1cccc(Cl)c1CNc1ccc(F)c(Cl)c1. The molecule has 0 bridgehead atoms. The molecule has 0 aromatic heterocycles. The Hall–Kier alpha value is -1.85. The first-order valence-corrected chi connectivity index (χ1v) is 6.35. The molecule has 0 aliphatic carbocycles. The van der Waals surface area contributed by atoms with Crippen LogP contribution in [-0.2, 0) is 6.54 Å². The molecule has 0 aliphatic heterocycles. The normalized spacial score (nSPS) is 10.3. The summed E-state index contributed by atoms with van der Waals surface area (Å²) in [5, 5.41) is 14.1. The van der Waals surface area contributed by atoms with E-state index in [0.29, 0.717) is 16.3 Å². The lowest BCUT2D eigenvalue weighted by Crippen LogP contribution is -2.04. The maximum atomic E-state index is 13.0. The van der Waals surface area contributed by atoms with Gasteiger partial charge in [0.1, 0.15) is 5.82 Å². The van der Waals surface area contributed by atoms with Crippen molar-refractivity contribution in [1.29, 1.82) is 0 Å². The number of nitrogens with one attached hydrogen (secondary N) is 1. The third-order valence-electron chi connectivity index (χ3n) is 2.68. The van der Waals surface area contributed by atoms with E-state index in [2.05, 4.69) is 5.32 Å². The van der Waals surface area contributed by atoms with Crippen LogP contribution in [0, 0.1) is 15.9 Å². The highest BCUT2D eigenvalue weighted by molar-refractivity contribution is 6.31. The van der Waals surface area contributed by atoms with Crippen LogP contribution in [0.5, 0.6) is 0 Å². The molecule has 0 aliphatic rings. The summed E-state index contributed by atoms with van der Waals surface area (Å²) in [4.78, 5) is 10.4. The molecule has 0 saturated carbocycles. The highest BCUT2D eigenvalue weighted by atomic mass is 35.5. The number of nitro groups is 1. The summed E-state index contributed by atoms with van der Waals surface area (Å²) in [6.07, 6.45) is 0. The summed E-state index contributed by atoms with van der Waals surface area (Å²) in [7, 11) is 0. The van der Waals surface area contributed by atoms with Crippen molar-refractivity contribution in [2.24, 2.45) is 0 Å². The van der Waals surface area contributed by atoms with E-state index in [1.54, 1.807) is 6.07 Å². The fraction of sp³-hybridized carbons (Fsp3) is 0.0769. The van der Waals surface area contributed by atoms with Crippen LogP contribution in [-0.4, -0.2) is 4.92 Å². The van der Waals surface area contributed by atoms with Gasteiger partial charge in [0.25, 0.3) is 5.69 Å². The molecule has 0 spiro atoms. The minimum atomic E-state index is -0.527. The largest absolute Gasteiger partial charge is 0.381 e. The molecule has 0 saturated heterocycles. The van der Waals surface area contributed by atoms with Gasteiger partial charge in [0, 0.05) is 18.3 Å². The number of anilines is 1. The monoisotopic (exact) mass is 314 g/mol. The van der Waals surface area contributed by atoms with Crippen LogP contribution in [0.2, 0.25) is 10.0 Å². The molecule has 7 heteroatoms. The summed E-state index contributed by atoms with van der Waals surface area (Å²) in [6, 6.07) is 8.57. The molecule has 104 valence electrons. The van der Waals surface area contributed by atoms with Gasteiger partial charge in [0.15, 0.2) is 0 Å². The van der Waals surface area contributed by atoms with Crippen LogP contribution in [0.1, 0.15) is 5.56 Å². The minimum absolute atomic E-state index is 0.0244. The van der Waals surface area contributed by atoms with E-state index in [1.165, 1.54) is 30.3 Å². The zero-order valence-corrected chi connectivity index (χ0v) is 11.6. The van der Waals surface area contributed by atoms with Crippen molar-refractivity contribution in [1.82, 2.24) is 0 Å². The Morgan fingerprint density at radius 3 is 2.60 bits per heavy atom. The second-order valence-electron chi connectivity index (χ2n) is 3.98. The molecule has 2 aromatic rings. The highest BCUT2D eigenvalue weighted by Crippen LogP contribution is 2.27. The summed E-state index contributed by atoms with van der Waals surface area (Å²) in [5.74, 6) is -0.527. The van der Waals surface area contributed by atoms with Crippen molar-refractivity contribution in [2.45, 2.75) is 6.54 Å². The van der Waals surface area contributed by atoms with Crippen molar-refractivity contribution in [3.8, 4) is 0 Å². The second-order valence-corrected chi connectivity index (χ2v) is 4.79. The molecule has 20 heavy (non-hydrogen) atoms. The van der Waals surface area contributed by atoms with Crippen LogP contribution in [0.25, 0.3) is 0 Å². The molecule has 0 heterocycles. The summed E-state index contributed by atoms with van der Waals surface area (Å²) in [6.45, 7) is 0.137. The van der Waals surface area contributed by atoms with Gasteiger partial charge in [-0.2, -0.15) is 0 Å². The van der Waals surface area contributed by atoms with Crippen LogP contribution >= 0.6 is 23.2 Å². The van der Waals surface area contributed by atoms with Crippen LogP contribution in [0.15, 0.2) is 36.4 Å². The summed E-state index contributed by atoms with van der Waals surface area (Å²) >= 11 is 11.6. The molecule has 1 N–H and O–H groups in total. The van der Waals surface area contributed by atoms with Gasteiger partial charge in [-0.05, 0) is 24.3 Å². The number of halogens is 3. The average molecular weight is 315 g/mol. The van der Waals surface area contributed by atoms with E-state index < -0.39 is 10.7 Å². The Morgan fingerprint density at radius 2 is 1.95 bits per heavy atom. The molecule has 0 fully saturated rings. The molecule has 2 aromatic carbocycles. The molecular weight excluding hydrogens is 306 g/mol. The van der Waals surface area contributed by atoms with Gasteiger partial charge in [-0.1, -0.05) is 29.3 Å². The standard InChI is InChI=1S/C13H9Cl2FN2O2/c14-10-2-1-3-13(18(19)20)9(10)7-17-8-4-5-12(16)11(15)6-8/h1-6,17H,7H2. The van der Waals surface area contributed by atoms with Gasteiger partial charge in [0.05, 0.1) is 20.5 Å². The van der Waals surface area contributed by atoms with Gasteiger partial charge in [-0.3, -0.25) is 10.1 Å². The van der Waals surface area contributed by atoms with Gasteiger partial charge in [-0.25, -0.2) is 4.39 Å². The van der Waals surface area contributed by atoms with Gasteiger partial charge in [0.2, 0.25) is 0 Å². The smallest absolute Gasteiger partial charge is 0.275 e. The van der Waals surface area contributed by atoms with E-state index in [4.69, 9.17) is 23.2 Å². The average Bonchev–Trinajstić information content (AvgIpc) is 2.40. The van der Waals surface area contributed by atoms with E-state index in [-0.39, 0.29) is 17.3 Å². The molecule has 0 atom stereocenters. The number of rotatable bonds is 4. The second kappa shape index (κ2) is 6.07. The predicted octanol–water partition coefficient (Wildman–Crippen LogP) is 4.65. The lowest BCUT2D eigenvalue weighted by atomic mass is 10.1. The third kappa shape index (κ3) is 3.18. The van der Waals surface area contributed by atoms with Crippen LogP contribution < -0.4 is 5.32 Å². The molecule has 4 nitrogen and oxygen atoms in total. The summed E-state index contributed by atoms with van der Waals surface area (Å²) in [5.41, 5.74) is 0.837. The predicted molar refractivity (Wildman–Crippen MR) is 76.8 cm³/mol. The number of benzene rings is 2. The first-order valence-electron chi connectivity index (χ1n) is 5.59. The first-order chi connectivity index (χ1) is 9.49. The van der Waals surface area contributed by atoms with Crippen molar-refractivity contribution in [3.63, 3.8) is 0 Å². The first kappa shape index (κ1) is 14.6. The Labute approximate surface area is 124 Å². The van der Waals surface area contributed by atoms with Crippen LogP contribution in [0.4, 0.5) is 15.8 Å². The van der Waals surface area contributed by atoms with E-state index in [9.17, 15) is 14.5 Å². The third-order valence-corrected chi connectivity index (χ3v) is 3.32. The van der Waals surface area contributed by atoms with E-state index in [0.717, 1.165) is 0 Å². The molecule has 2 rings (SSSR count). The highest BCUT2D eigenvalue weighted by Gasteiger charge is 2.16. The number of hydrogen-bond acceptors (Lipinski definition) is 3. The Morgan fingerprint density at radius 1 is 1.20 bits per heavy atom. The Balaban J connectivity index is 2.22. The lowest BCUT2D eigenvalue weighted by molar-refractivity contribution is -0.385. The van der Waals surface area contributed by atoms with Gasteiger partial charge in [-0.15, -0.1) is 0 Å². The summed E-state index contributed by atoms with van der Waals surface area (Å²) < 4.78 is 13.0. The van der Waals surface area contributed by atoms with Crippen LogP contribution in [0.3, 0.4) is 0 Å². The van der Waals surface area contributed by atoms with Gasteiger partial charge >= 0.3 is 0 Å². The number of hydrogen-bond donors (Lipinski definition) is 1. The maximum absolute atomic E-state index is 13.0. The van der Waals surface area contributed by atoms with Crippen molar-refractivity contribution in [3.05, 3.63) is 67.9 Å². The fourth-order valence-electron chi connectivity index (χ4n) is 1.69. The Kier molecular flexibility index (Phi) is 4.42. The minimum Gasteiger partial charge on any atom is -0.381 e. The fourth-order valence-corrected chi connectivity index (χ4v) is 2.11. The van der Waals surface area contributed by atoms with Crippen molar-refractivity contribution in [2.75, 3.05) is 5.32 Å². The molecular formula is C13H9Cl2FN2O2. The quantitative estimate of drug-likeness (QED) is 0.660. The maximum Gasteiger partial charge on any atom is 0.275 e. The molecule has 0 radical (unpaired) electrons. The van der Waals surface area contributed by atoms with Crippen molar-refractivity contribution >= 4 is 34.6 Å². The zero-order valence-electron chi connectivity index (χ0n) is 10.1. The van der Waals surface area contributed by atoms with E-state index in [1.807, 2.05) is 0 Å². The van der Waals surface area contributed by atoms with Gasteiger partial charge < -0.3 is 5.32 Å². The Bertz CT molecular complexity index is 665. The lowest BCUT2D eigenvalue weighted by Gasteiger charge is -2.09. The number of nitrogens with zero attached hydrogens (tertiary/aromatic N) is 1. The zero-order chi connectivity index (χ0) is 14.7. The number of nitro benzene ring substituents is 1. The molecule has 0 unspecified atom stereocenters. The van der Waals surface area contributed by atoms with E-state index >= 15 is 0 Å². The van der Waals surface area contributed by atoms with Crippen molar-refractivity contribution < 1.29 is 9.31 Å².